The molecule has 7 nitrogen and oxygen atoms in total. The van der Waals surface area contributed by atoms with Crippen molar-refractivity contribution in [2.45, 2.75) is 52.6 Å². The summed E-state index contributed by atoms with van der Waals surface area (Å²) in [5, 5.41) is 6.08. The summed E-state index contributed by atoms with van der Waals surface area (Å²) < 4.78 is 5.17. The van der Waals surface area contributed by atoms with Crippen molar-refractivity contribution < 1.29 is 19.1 Å². The molecule has 1 aliphatic rings. The first-order valence-corrected chi connectivity index (χ1v) is 12.3. The molecule has 0 aromatic heterocycles. The quantitative estimate of drug-likeness (QED) is 0.603. The number of carbonyl (C=O) groups is 3. The van der Waals surface area contributed by atoms with E-state index in [1.54, 1.807) is 37.4 Å². The third-order valence-electron chi connectivity index (χ3n) is 6.96. The molecule has 1 fully saturated rings. The number of nitrogens with zero attached hydrogens (tertiary/aromatic N) is 1. The third-order valence-corrected chi connectivity index (χ3v) is 6.96. The van der Waals surface area contributed by atoms with Crippen LogP contribution in [-0.2, 0) is 4.79 Å². The lowest BCUT2D eigenvalue weighted by atomic mass is 9.87. The van der Waals surface area contributed by atoms with Crippen molar-refractivity contribution in [2.75, 3.05) is 20.2 Å². The zero-order valence-electron chi connectivity index (χ0n) is 21.3. The van der Waals surface area contributed by atoms with E-state index in [2.05, 4.69) is 24.5 Å². The minimum absolute atomic E-state index is 0.0166. The number of likely N-dealkylation sites (tertiary alicyclic amines) is 1. The van der Waals surface area contributed by atoms with Crippen molar-refractivity contribution in [1.82, 2.24) is 15.5 Å². The second kappa shape index (κ2) is 11.9. The van der Waals surface area contributed by atoms with E-state index in [4.69, 9.17) is 4.74 Å². The normalized spacial score (nSPS) is 15.9. The minimum Gasteiger partial charge on any atom is -0.497 e. The van der Waals surface area contributed by atoms with Crippen LogP contribution in [0.2, 0.25) is 0 Å². The van der Waals surface area contributed by atoms with Crippen molar-refractivity contribution in [3.05, 3.63) is 65.2 Å². The molecule has 2 aromatic rings. The van der Waals surface area contributed by atoms with Crippen molar-refractivity contribution in [3.63, 3.8) is 0 Å². The molecule has 0 aliphatic carbocycles. The molecule has 1 saturated heterocycles. The zero-order chi connectivity index (χ0) is 25.5. The molecule has 0 bridgehead atoms. The second-order valence-electron chi connectivity index (χ2n) is 9.67. The van der Waals surface area contributed by atoms with Gasteiger partial charge in [0.25, 0.3) is 11.8 Å². The van der Waals surface area contributed by atoms with Crippen LogP contribution in [0.25, 0.3) is 0 Å². The van der Waals surface area contributed by atoms with Crippen LogP contribution in [0.1, 0.15) is 59.9 Å². The van der Waals surface area contributed by atoms with Gasteiger partial charge in [-0.25, -0.2) is 0 Å². The predicted molar refractivity (Wildman–Crippen MR) is 136 cm³/mol. The monoisotopic (exact) mass is 479 g/mol. The van der Waals surface area contributed by atoms with E-state index in [0.29, 0.717) is 42.8 Å². The lowest BCUT2D eigenvalue weighted by Crippen LogP contribution is -2.55. The molecule has 35 heavy (non-hydrogen) atoms. The first kappa shape index (κ1) is 26.3. The van der Waals surface area contributed by atoms with E-state index in [1.165, 1.54) is 0 Å². The van der Waals surface area contributed by atoms with Gasteiger partial charge in [-0.3, -0.25) is 14.4 Å². The summed E-state index contributed by atoms with van der Waals surface area (Å²) in [6, 6.07) is 13.8. The molecule has 1 aliphatic heterocycles. The van der Waals surface area contributed by atoms with Crippen LogP contribution in [0.5, 0.6) is 5.75 Å². The molecule has 0 radical (unpaired) electrons. The topological polar surface area (TPSA) is 87.7 Å². The summed E-state index contributed by atoms with van der Waals surface area (Å²) in [4.78, 5) is 41.2. The average Bonchev–Trinajstić information content (AvgIpc) is 2.87. The van der Waals surface area contributed by atoms with E-state index >= 15 is 0 Å². The van der Waals surface area contributed by atoms with Crippen LogP contribution in [-0.4, -0.2) is 54.9 Å². The first-order chi connectivity index (χ1) is 16.7. The summed E-state index contributed by atoms with van der Waals surface area (Å²) in [7, 11) is 1.59. The molecule has 1 heterocycles. The number of aryl methyl sites for hydroxylation is 1. The molecule has 2 atom stereocenters. The Hall–Kier alpha value is -3.35. The number of hydrogen-bond donors (Lipinski definition) is 2. The van der Waals surface area contributed by atoms with Crippen molar-refractivity contribution in [3.8, 4) is 5.75 Å². The Morgan fingerprint density at radius 3 is 2.14 bits per heavy atom. The molecular formula is C28H37N3O4. The molecule has 3 rings (SSSR count). The number of nitrogens with one attached hydrogen (secondary N) is 2. The highest BCUT2D eigenvalue weighted by molar-refractivity contribution is 5.99. The largest absolute Gasteiger partial charge is 0.497 e. The lowest BCUT2D eigenvalue weighted by molar-refractivity contribution is -0.125. The highest BCUT2D eigenvalue weighted by atomic mass is 16.5. The van der Waals surface area contributed by atoms with Gasteiger partial charge >= 0.3 is 0 Å². The van der Waals surface area contributed by atoms with E-state index in [9.17, 15) is 14.4 Å². The Morgan fingerprint density at radius 2 is 1.57 bits per heavy atom. The smallest absolute Gasteiger partial charge is 0.253 e. The molecule has 7 heteroatoms. The second-order valence-corrected chi connectivity index (χ2v) is 9.67. The van der Waals surface area contributed by atoms with Gasteiger partial charge < -0.3 is 20.3 Å². The van der Waals surface area contributed by atoms with Crippen molar-refractivity contribution >= 4 is 17.7 Å². The highest BCUT2D eigenvalue weighted by Gasteiger charge is 2.35. The number of piperidine rings is 1. The fourth-order valence-corrected chi connectivity index (χ4v) is 4.28. The molecule has 0 saturated carbocycles. The van der Waals surface area contributed by atoms with Gasteiger partial charge in [-0.2, -0.15) is 0 Å². The lowest BCUT2D eigenvalue weighted by Gasteiger charge is -2.36. The van der Waals surface area contributed by atoms with Gasteiger partial charge in [0.1, 0.15) is 11.8 Å². The van der Waals surface area contributed by atoms with Gasteiger partial charge in [-0.1, -0.05) is 32.0 Å². The van der Waals surface area contributed by atoms with E-state index in [1.807, 2.05) is 36.9 Å². The Kier molecular flexibility index (Phi) is 8.90. The standard InChI is InChI=1S/C28H37N3O4/c1-18(2)20(4)29-27(33)25(30-26(32)24-9-7-6-8-19(24)3)21-14-16-31(17-15-21)28(34)22-10-12-23(35-5)13-11-22/h6-13,18,20-21,25H,14-17H2,1-5H3,(H,29,33)(H,30,32)/t20-,25-/m0/s1. The summed E-state index contributed by atoms with van der Waals surface area (Å²) >= 11 is 0. The molecular weight excluding hydrogens is 442 g/mol. The van der Waals surface area contributed by atoms with Gasteiger partial charge in [-0.05, 0) is 74.4 Å². The zero-order valence-corrected chi connectivity index (χ0v) is 21.3. The summed E-state index contributed by atoms with van der Waals surface area (Å²) in [5.41, 5.74) is 2.03. The van der Waals surface area contributed by atoms with Crippen LogP contribution in [0.4, 0.5) is 0 Å². The number of ether oxygens (including phenoxy) is 1. The van der Waals surface area contributed by atoms with Gasteiger partial charge in [0, 0.05) is 30.3 Å². The van der Waals surface area contributed by atoms with Crippen molar-refractivity contribution in [1.29, 1.82) is 0 Å². The van der Waals surface area contributed by atoms with Crippen LogP contribution >= 0.6 is 0 Å². The maximum atomic E-state index is 13.3. The fraction of sp³-hybridized carbons (Fsp3) is 0.464. The molecule has 3 amide bonds. The molecule has 0 unspecified atom stereocenters. The fourth-order valence-electron chi connectivity index (χ4n) is 4.28. The van der Waals surface area contributed by atoms with Gasteiger partial charge in [0.2, 0.25) is 5.91 Å². The number of rotatable bonds is 8. The summed E-state index contributed by atoms with van der Waals surface area (Å²) in [6.45, 7) is 9.01. The Balaban J connectivity index is 1.71. The van der Waals surface area contributed by atoms with E-state index in [0.717, 1.165) is 5.56 Å². The Bertz CT molecular complexity index is 1030. The van der Waals surface area contributed by atoms with E-state index < -0.39 is 6.04 Å². The molecule has 2 N–H and O–H groups in total. The number of carbonyl (C=O) groups excluding carboxylic acids is 3. The maximum Gasteiger partial charge on any atom is 0.253 e. The minimum atomic E-state index is -0.665. The first-order valence-electron chi connectivity index (χ1n) is 12.3. The summed E-state index contributed by atoms with van der Waals surface area (Å²) in [6.07, 6.45) is 1.26. The SMILES string of the molecule is COc1ccc(C(=O)N2CCC([C@H](NC(=O)c3ccccc3C)C(=O)N[C@@H](C)C(C)C)CC2)cc1. The van der Waals surface area contributed by atoms with Crippen LogP contribution < -0.4 is 15.4 Å². The van der Waals surface area contributed by atoms with Gasteiger partial charge in [0.15, 0.2) is 0 Å². The number of amides is 3. The van der Waals surface area contributed by atoms with E-state index in [-0.39, 0.29) is 35.6 Å². The molecule has 188 valence electrons. The number of hydrogen-bond acceptors (Lipinski definition) is 4. The molecule has 0 spiro atoms. The number of methoxy groups -OCH3 is 1. The molecule has 2 aromatic carbocycles. The average molecular weight is 480 g/mol. The number of benzene rings is 2. The highest BCUT2D eigenvalue weighted by Crippen LogP contribution is 2.24. The summed E-state index contributed by atoms with van der Waals surface area (Å²) in [5.74, 6) is 0.446. The Morgan fingerprint density at radius 1 is 0.943 bits per heavy atom. The van der Waals surface area contributed by atoms with Crippen LogP contribution in [0, 0.1) is 18.8 Å². The maximum absolute atomic E-state index is 13.3. The van der Waals surface area contributed by atoms with Gasteiger partial charge in [0.05, 0.1) is 7.11 Å². The van der Waals surface area contributed by atoms with Crippen LogP contribution in [0.15, 0.2) is 48.5 Å². The van der Waals surface area contributed by atoms with Crippen molar-refractivity contribution in [2.24, 2.45) is 11.8 Å². The third kappa shape index (κ3) is 6.62. The Labute approximate surface area is 208 Å². The van der Waals surface area contributed by atoms with Gasteiger partial charge in [-0.15, -0.1) is 0 Å². The predicted octanol–water partition coefficient (Wildman–Crippen LogP) is 3.82. The van der Waals surface area contributed by atoms with Crippen LogP contribution in [0.3, 0.4) is 0 Å².